The molecule has 0 bridgehead atoms. The Kier molecular flexibility index (Phi) is 5.34. The van der Waals surface area contributed by atoms with E-state index in [9.17, 15) is 27.6 Å². The van der Waals surface area contributed by atoms with Crippen LogP contribution >= 0.6 is 0 Å². The van der Waals surface area contributed by atoms with Crippen LogP contribution < -0.4 is 0 Å². The Morgan fingerprint density at radius 2 is 1.88 bits per heavy atom. The van der Waals surface area contributed by atoms with Crippen LogP contribution in [0.25, 0.3) is 0 Å². The van der Waals surface area contributed by atoms with E-state index in [1.54, 1.807) is 12.1 Å². The summed E-state index contributed by atoms with van der Waals surface area (Å²) in [5.74, 6) is -2.97. The van der Waals surface area contributed by atoms with Crippen molar-refractivity contribution in [3.8, 4) is 0 Å². The molecule has 25 heavy (non-hydrogen) atoms. The fraction of sp³-hybridized carbons (Fsp3) is 0.438. The molecule has 1 fully saturated rings. The van der Waals surface area contributed by atoms with Crippen LogP contribution in [0, 0.1) is 5.92 Å². The third-order valence-electron chi connectivity index (χ3n) is 3.93. The number of rotatable bonds is 5. The lowest BCUT2D eigenvalue weighted by atomic mass is 10.1. The van der Waals surface area contributed by atoms with E-state index in [0.29, 0.717) is 10.5 Å². The SMILES string of the molecule is CN(Cc1ccc(C(=O)O)cc1)C(=O)C1CC(=O)N(CC(F)(F)F)C1. The van der Waals surface area contributed by atoms with Crippen molar-refractivity contribution in [3.63, 3.8) is 0 Å². The zero-order chi connectivity index (χ0) is 18.8. The number of carbonyl (C=O) groups is 3. The first-order chi connectivity index (χ1) is 11.6. The Balaban J connectivity index is 1.96. The molecule has 1 N–H and O–H groups in total. The van der Waals surface area contributed by atoms with Gasteiger partial charge in [-0.2, -0.15) is 13.2 Å². The lowest BCUT2D eigenvalue weighted by molar-refractivity contribution is -0.157. The number of benzene rings is 1. The minimum Gasteiger partial charge on any atom is -0.478 e. The molecule has 0 saturated carbocycles. The number of alkyl halides is 3. The van der Waals surface area contributed by atoms with E-state index in [-0.39, 0.29) is 25.1 Å². The number of nitrogens with zero attached hydrogens (tertiary/aromatic N) is 2. The maximum atomic E-state index is 12.4. The fourth-order valence-electron chi connectivity index (χ4n) is 2.72. The van der Waals surface area contributed by atoms with E-state index in [2.05, 4.69) is 0 Å². The fourth-order valence-corrected chi connectivity index (χ4v) is 2.72. The standard InChI is InChI=1S/C16H17F3N2O4/c1-20(7-10-2-4-11(5-3-10)15(24)25)14(23)12-6-13(22)21(8-12)9-16(17,18)19/h2-5,12H,6-9H2,1H3,(H,24,25). The third-order valence-corrected chi connectivity index (χ3v) is 3.93. The Hall–Kier alpha value is -2.58. The Morgan fingerprint density at radius 3 is 2.40 bits per heavy atom. The van der Waals surface area contributed by atoms with E-state index in [0.717, 1.165) is 0 Å². The van der Waals surface area contributed by atoms with Crippen LogP contribution in [0.15, 0.2) is 24.3 Å². The Labute approximate surface area is 141 Å². The van der Waals surface area contributed by atoms with Gasteiger partial charge in [-0.3, -0.25) is 9.59 Å². The van der Waals surface area contributed by atoms with Gasteiger partial charge in [0, 0.05) is 26.6 Å². The van der Waals surface area contributed by atoms with Crippen molar-refractivity contribution in [2.75, 3.05) is 20.1 Å². The largest absolute Gasteiger partial charge is 0.478 e. The summed E-state index contributed by atoms with van der Waals surface area (Å²) in [6.45, 7) is -1.43. The van der Waals surface area contributed by atoms with Gasteiger partial charge in [0.2, 0.25) is 11.8 Å². The first-order valence-corrected chi connectivity index (χ1v) is 7.48. The summed E-state index contributed by atoms with van der Waals surface area (Å²) in [5, 5.41) is 8.84. The number of carboxylic acids is 1. The van der Waals surface area contributed by atoms with Gasteiger partial charge in [0.1, 0.15) is 6.54 Å². The molecule has 0 radical (unpaired) electrons. The van der Waals surface area contributed by atoms with Gasteiger partial charge < -0.3 is 14.9 Å². The summed E-state index contributed by atoms with van der Waals surface area (Å²) < 4.78 is 37.2. The maximum Gasteiger partial charge on any atom is 0.406 e. The van der Waals surface area contributed by atoms with Crippen molar-refractivity contribution < 1.29 is 32.7 Å². The van der Waals surface area contributed by atoms with Crippen molar-refractivity contribution in [2.24, 2.45) is 5.92 Å². The Morgan fingerprint density at radius 1 is 1.28 bits per heavy atom. The smallest absolute Gasteiger partial charge is 0.406 e. The van der Waals surface area contributed by atoms with E-state index in [1.807, 2.05) is 0 Å². The van der Waals surface area contributed by atoms with E-state index < -0.39 is 36.4 Å². The molecule has 9 heteroatoms. The van der Waals surface area contributed by atoms with Crippen molar-refractivity contribution >= 4 is 17.8 Å². The van der Waals surface area contributed by atoms with Crippen molar-refractivity contribution in [1.29, 1.82) is 0 Å². The summed E-state index contributed by atoms with van der Waals surface area (Å²) in [4.78, 5) is 36.8. The molecule has 1 aliphatic rings. The molecule has 1 atom stereocenters. The highest BCUT2D eigenvalue weighted by atomic mass is 19.4. The van der Waals surface area contributed by atoms with Crippen molar-refractivity contribution in [3.05, 3.63) is 35.4 Å². The monoisotopic (exact) mass is 358 g/mol. The molecule has 0 aromatic heterocycles. The van der Waals surface area contributed by atoms with Gasteiger partial charge in [0.15, 0.2) is 0 Å². The molecule has 1 saturated heterocycles. The summed E-state index contributed by atoms with van der Waals surface area (Å²) in [6, 6.07) is 5.92. The summed E-state index contributed by atoms with van der Waals surface area (Å²) >= 11 is 0. The highest BCUT2D eigenvalue weighted by molar-refractivity contribution is 5.89. The molecule has 1 aromatic carbocycles. The van der Waals surface area contributed by atoms with Gasteiger partial charge in [-0.15, -0.1) is 0 Å². The van der Waals surface area contributed by atoms with Gasteiger partial charge in [-0.05, 0) is 17.7 Å². The molecular weight excluding hydrogens is 341 g/mol. The quantitative estimate of drug-likeness (QED) is 0.870. The first kappa shape index (κ1) is 18.8. The van der Waals surface area contributed by atoms with Crippen LogP contribution in [0.1, 0.15) is 22.3 Å². The van der Waals surface area contributed by atoms with Crippen LogP contribution in [0.2, 0.25) is 0 Å². The average Bonchev–Trinajstić information content (AvgIpc) is 2.86. The third kappa shape index (κ3) is 4.94. The lowest BCUT2D eigenvalue weighted by Crippen LogP contribution is -2.37. The molecule has 0 aliphatic carbocycles. The Bertz CT molecular complexity index is 673. The molecule has 1 unspecified atom stereocenters. The molecule has 2 amide bonds. The number of hydrogen-bond donors (Lipinski definition) is 1. The number of halogens is 3. The highest BCUT2D eigenvalue weighted by Gasteiger charge is 2.41. The number of likely N-dealkylation sites (tertiary alicyclic amines) is 1. The second-order valence-corrected chi connectivity index (χ2v) is 5.99. The first-order valence-electron chi connectivity index (χ1n) is 7.48. The number of hydrogen-bond acceptors (Lipinski definition) is 3. The highest BCUT2D eigenvalue weighted by Crippen LogP contribution is 2.25. The molecule has 1 heterocycles. The molecule has 0 spiro atoms. The average molecular weight is 358 g/mol. The van der Waals surface area contributed by atoms with Gasteiger partial charge >= 0.3 is 12.1 Å². The van der Waals surface area contributed by atoms with Crippen LogP contribution in [-0.2, 0) is 16.1 Å². The summed E-state index contributed by atoms with van der Waals surface area (Å²) in [5.41, 5.74) is 0.791. The minimum absolute atomic E-state index is 0.113. The second kappa shape index (κ2) is 7.12. The van der Waals surface area contributed by atoms with Gasteiger partial charge in [0.05, 0.1) is 11.5 Å². The normalized spacial score (nSPS) is 17.7. The molecular formula is C16H17F3N2O4. The lowest BCUT2D eigenvalue weighted by Gasteiger charge is -2.22. The minimum atomic E-state index is -4.49. The van der Waals surface area contributed by atoms with E-state index in [4.69, 9.17) is 5.11 Å². The van der Waals surface area contributed by atoms with Crippen molar-refractivity contribution in [1.82, 2.24) is 9.80 Å². The second-order valence-electron chi connectivity index (χ2n) is 5.99. The van der Waals surface area contributed by atoms with Crippen LogP contribution in [0.5, 0.6) is 0 Å². The van der Waals surface area contributed by atoms with Gasteiger partial charge in [-0.25, -0.2) is 4.79 Å². The predicted octanol–water partition coefficient (Wildman–Crippen LogP) is 1.75. The topological polar surface area (TPSA) is 77.9 Å². The number of carboxylic acid groups (broad SMARTS) is 1. The van der Waals surface area contributed by atoms with E-state index >= 15 is 0 Å². The van der Waals surface area contributed by atoms with Gasteiger partial charge in [-0.1, -0.05) is 12.1 Å². The molecule has 1 aromatic rings. The number of carbonyl (C=O) groups excluding carboxylic acids is 2. The van der Waals surface area contributed by atoms with Crippen LogP contribution in [0.4, 0.5) is 13.2 Å². The molecule has 2 rings (SSSR count). The van der Waals surface area contributed by atoms with E-state index in [1.165, 1.54) is 24.1 Å². The summed E-state index contributed by atoms with van der Waals surface area (Å²) in [6.07, 6.45) is -4.73. The zero-order valence-electron chi connectivity index (χ0n) is 13.4. The molecule has 136 valence electrons. The molecule has 6 nitrogen and oxygen atoms in total. The van der Waals surface area contributed by atoms with Crippen molar-refractivity contribution in [2.45, 2.75) is 19.1 Å². The van der Waals surface area contributed by atoms with Crippen LogP contribution in [-0.4, -0.2) is 59.0 Å². The summed E-state index contributed by atoms with van der Waals surface area (Å²) in [7, 11) is 1.49. The molecule has 1 aliphatic heterocycles. The number of amides is 2. The van der Waals surface area contributed by atoms with Gasteiger partial charge in [0.25, 0.3) is 0 Å². The zero-order valence-corrected chi connectivity index (χ0v) is 13.4. The maximum absolute atomic E-state index is 12.4. The number of aromatic carboxylic acids is 1. The predicted molar refractivity (Wildman–Crippen MR) is 80.6 cm³/mol. The van der Waals surface area contributed by atoms with Crippen LogP contribution in [0.3, 0.4) is 0 Å².